The summed E-state index contributed by atoms with van der Waals surface area (Å²) in [6, 6.07) is 0. The van der Waals surface area contributed by atoms with Crippen molar-refractivity contribution >= 4 is 0 Å². The molecule has 92 valence electrons. The summed E-state index contributed by atoms with van der Waals surface area (Å²) in [7, 11) is 0. The Bertz CT molecular complexity index is 196. The lowest BCUT2D eigenvalue weighted by Crippen LogP contribution is -1.73. The number of rotatable bonds is 10. The zero-order chi connectivity index (χ0) is 11.9. The van der Waals surface area contributed by atoms with Crippen LogP contribution in [0.4, 0.5) is 0 Å². The average molecular weight is 220 g/mol. The lowest BCUT2D eigenvalue weighted by atomic mass is 10.1. The highest BCUT2D eigenvalue weighted by Gasteiger charge is 1.83. The molecule has 0 saturated heterocycles. The molecule has 0 aliphatic heterocycles. The van der Waals surface area contributed by atoms with Crippen molar-refractivity contribution in [2.24, 2.45) is 0 Å². The molecule has 0 nitrogen and oxygen atoms in total. The average Bonchev–Trinajstić information content (AvgIpc) is 2.31. The smallest absolute Gasteiger partial charge is 0.0169 e. The summed E-state index contributed by atoms with van der Waals surface area (Å²) in [6.07, 6.45) is 23.6. The monoisotopic (exact) mass is 220 g/mol. The largest absolute Gasteiger partial charge is 0.0885 e. The van der Waals surface area contributed by atoms with Crippen molar-refractivity contribution in [1.82, 2.24) is 0 Å². The minimum Gasteiger partial charge on any atom is -0.0885 e. The van der Waals surface area contributed by atoms with E-state index < -0.39 is 0 Å². The van der Waals surface area contributed by atoms with E-state index in [0.717, 1.165) is 19.3 Å². The zero-order valence-corrected chi connectivity index (χ0v) is 11.1. The van der Waals surface area contributed by atoms with Crippen LogP contribution in [0.1, 0.15) is 65.2 Å². The standard InChI is InChI=1S/C16H28/c1-3-5-7-9-11-13-15-16-14-12-10-8-6-4-2/h5,7,11,13-14,16H,3-4,6,8-10,12,15H2,1-2H3. The Balaban J connectivity index is 3.23. The van der Waals surface area contributed by atoms with Gasteiger partial charge in [0.15, 0.2) is 0 Å². The molecule has 0 aromatic rings. The second-order valence-corrected chi connectivity index (χ2v) is 4.14. The molecule has 0 rings (SSSR count). The molecule has 0 amide bonds. The Kier molecular flexibility index (Phi) is 13.5. The van der Waals surface area contributed by atoms with E-state index in [4.69, 9.17) is 0 Å². The van der Waals surface area contributed by atoms with Gasteiger partial charge in [-0.05, 0) is 32.1 Å². The van der Waals surface area contributed by atoms with Crippen molar-refractivity contribution in [2.45, 2.75) is 65.2 Å². The van der Waals surface area contributed by atoms with E-state index in [1.165, 1.54) is 32.1 Å². The predicted octanol–water partition coefficient (Wildman–Crippen LogP) is 5.82. The van der Waals surface area contributed by atoms with E-state index in [0.29, 0.717) is 0 Å². The Morgan fingerprint density at radius 1 is 0.625 bits per heavy atom. The normalized spacial score (nSPS) is 12.4. The van der Waals surface area contributed by atoms with Gasteiger partial charge >= 0.3 is 0 Å². The van der Waals surface area contributed by atoms with Crippen molar-refractivity contribution in [3.63, 3.8) is 0 Å². The van der Waals surface area contributed by atoms with Gasteiger partial charge in [-0.25, -0.2) is 0 Å². The van der Waals surface area contributed by atoms with Crippen molar-refractivity contribution in [1.29, 1.82) is 0 Å². The van der Waals surface area contributed by atoms with Gasteiger partial charge in [-0.2, -0.15) is 0 Å². The Morgan fingerprint density at radius 2 is 1.25 bits per heavy atom. The third kappa shape index (κ3) is 13.2. The summed E-state index contributed by atoms with van der Waals surface area (Å²) < 4.78 is 0. The van der Waals surface area contributed by atoms with Crippen molar-refractivity contribution in [2.75, 3.05) is 0 Å². The molecule has 16 heavy (non-hydrogen) atoms. The number of unbranched alkanes of at least 4 members (excludes halogenated alkanes) is 4. The van der Waals surface area contributed by atoms with Crippen molar-refractivity contribution in [3.8, 4) is 0 Å². The summed E-state index contributed by atoms with van der Waals surface area (Å²) in [4.78, 5) is 0. The molecule has 0 radical (unpaired) electrons. The summed E-state index contributed by atoms with van der Waals surface area (Å²) in [5, 5.41) is 0. The maximum absolute atomic E-state index is 2.32. The molecular weight excluding hydrogens is 192 g/mol. The molecule has 0 N–H and O–H groups in total. The minimum absolute atomic E-state index is 1.08. The van der Waals surface area contributed by atoms with Gasteiger partial charge in [-0.3, -0.25) is 0 Å². The number of hydrogen-bond donors (Lipinski definition) is 0. The van der Waals surface area contributed by atoms with E-state index in [1.807, 2.05) is 0 Å². The third-order valence-electron chi connectivity index (χ3n) is 2.50. The fraction of sp³-hybridized carbons (Fsp3) is 0.625. The number of allylic oxidation sites excluding steroid dienone is 6. The first-order chi connectivity index (χ1) is 7.91. The molecule has 0 bridgehead atoms. The fourth-order valence-electron chi connectivity index (χ4n) is 1.52. The first-order valence-electron chi connectivity index (χ1n) is 6.86. The van der Waals surface area contributed by atoms with E-state index in [1.54, 1.807) is 0 Å². The molecule has 0 atom stereocenters. The van der Waals surface area contributed by atoms with Crippen LogP contribution in [0.25, 0.3) is 0 Å². The zero-order valence-electron chi connectivity index (χ0n) is 11.1. The molecule has 0 fully saturated rings. The topological polar surface area (TPSA) is 0 Å². The van der Waals surface area contributed by atoms with Crippen LogP contribution in [-0.4, -0.2) is 0 Å². The predicted molar refractivity (Wildman–Crippen MR) is 75.7 cm³/mol. The van der Waals surface area contributed by atoms with Gasteiger partial charge in [0.25, 0.3) is 0 Å². The molecule has 0 aromatic carbocycles. The van der Waals surface area contributed by atoms with Gasteiger partial charge in [0.1, 0.15) is 0 Å². The van der Waals surface area contributed by atoms with Gasteiger partial charge < -0.3 is 0 Å². The van der Waals surface area contributed by atoms with Crippen LogP contribution in [0.3, 0.4) is 0 Å². The first-order valence-corrected chi connectivity index (χ1v) is 6.86. The lowest BCUT2D eigenvalue weighted by Gasteiger charge is -1.93. The van der Waals surface area contributed by atoms with Crippen LogP contribution in [0.5, 0.6) is 0 Å². The molecule has 0 aromatic heterocycles. The van der Waals surface area contributed by atoms with Crippen molar-refractivity contribution < 1.29 is 0 Å². The van der Waals surface area contributed by atoms with Crippen LogP contribution in [0.2, 0.25) is 0 Å². The SMILES string of the molecule is CCC=CCC=CCC=CCCCCCC. The third-order valence-corrected chi connectivity index (χ3v) is 2.50. The molecule has 0 saturated carbocycles. The fourth-order valence-corrected chi connectivity index (χ4v) is 1.52. The Labute approximate surface area is 102 Å². The van der Waals surface area contributed by atoms with Crippen LogP contribution in [0.15, 0.2) is 36.5 Å². The summed E-state index contributed by atoms with van der Waals surface area (Å²) >= 11 is 0. The number of hydrogen-bond acceptors (Lipinski definition) is 0. The van der Waals surface area contributed by atoms with E-state index in [2.05, 4.69) is 50.3 Å². The van der Waals surface area contributed by atoms with Gasteiger partial charge in [0, 0.05) is 0 Å². The first kappa shape index (κ1) is 15.2. The van der Waals surface area contributed by atoms with Gasteiger partial charge in [-0.15, -0.1) is 0 Å². The highest BCUT2D eigenvalue weighted by molar-refractivity contribution is 4.96. The highest BCUT2D eigenvalue weighted by atomic mass is 13.9. The van der Waals surface area contributed by atoms with Gasteiger partial charge in [0.05, 0.1) is 0 Å². The second kappa shape index (κ2) is 14.2. The molecule has 0 heterocycles. The lowest BCUT2D eigenvalue weighted by molar-refractivity contribution is 0.674. The summed E-state index contributed by atoms with van der Waals surface area (Å²) in [5.41, 5.74) is 0. The molecule has 0 aliphatic rings. The Morgan fingerprint density at radius 3 is 1.88 bits per heavy atom. The van der Waals surface area contributed by atoms with E-state index in [-0.39, 0.29) is 0 Å². The Hall–Kier alpha value is -0.780. The second-order valence-electron chi connectivity index (χ2n) is 4.14. The quantitative estimate of drug-likeness (QED) is 0.321. The van der Waals surface area contributed by atoms with Gasteiger partial charge in [0.2, 0.25) is 0 Å². The van der Waals surface area contributed by atoms with E-state index in [9.17, 15) is 0 Å². The minimum atomic E-state index is 1.08. The van der Waals surface area contributed by atoms with Crippen LogP contribution < -0.4 is 0 Å². The van der Waals surface area contributed by atoms with E-state index >= 15 is 0 Å². The highest BCUT2D eigenvalue weighted by Crippen LogP contribution is 2.03. The summed E-state index contributed by atoms with van der Waals surface area (Å²) in [5.74, 6) is 0. The molecule has 0 aliphatic carbocycles. The van der Waals surface area contributed by atoms with Gasteiger partial charge in [-0.1, -0.05) is 69.6 Å². The van der Waals surface area contributed by atoms with Crippen LogP contribution in [0, 0.1) is 0 Å². The maximum Gasteiger partial charge on any atom is -0.0169 e. The van der Waals surface area contributed by atoms with Crippen LogP contribution >= 0.6 is 0 Å². The van der Waals surface area contributed by atoms with Crippen molar-refractivity contribution in [3.05, 3.63) is 36.5 Å². The van der Waals surface area contributed by atoms with Crippen LogP contribution in [-0.2, 0) is 0 Å². The maximum atomic E-state index is 2.32. The molecule has 0 unspecified atom stereocenters. The molecular formula is C16H28. The molecule has 0 spiro atoms. The summed E-state index contributed by atoms with van der Waals surface area (Å²) in [6.45, 7) is 4.43. The molecule has 0 heteroatoms.